The highest BCUT2D eigenvalue weighted by atomic mass is 16.6. The van der Waals surface area contributed by atoms with Crippen molar-refractivity contribution in [2.75, 3.05) is 11.5 Å². The van der Waals surface area contributed by atoms with Crippen LogP contribution >= 0.6 is 0 Å². The SMILES string of the molecule is Nc1ccc(C=C(c2ccc(N)cc2)c2ccccc2N=Nc2ccc(-c3ccc([N+](=O)[O-])cc3)c(-c3ccc([N+](=O)[O-])cc3)c2)cc1. The summed E-state index contributed by atoms with van der Waals surface area (Å²) in [6.07, 6.45) is 2.06. The molecule has 10 nitrogen and oxygen atoms in total. The van der Waals surface area contributed by atoms with Gasteiger partial charge >= 0.3 is 0 Å². The highest BCUT2D eigenvalue weighted by Gasteiger charge is 2.14. The Kier molecular flexibility index (Phi) is 8.79. The first-order valence-electron chi connectivity index (χ1n) is 14.8. The lowest BCUT2D eigenvalue weighted by Crippen LogP contribution is -1.91. The highest BCUT2D eigenvalue weighted by molar-refractivity contribution is 5.95. The molecule has 48 heavy (non-hydrogen) atoms. The maximum atomic E-state index is 11.3. The Hall–Kier alpha value is -6.94. The van der Waals surface area contributed by atoms with Gasteiger partial charge in [0.25, 0.3) is 11.4 Å². The second kappa shape index (κ2) is 13.6. The molecule has 0 radical (unpaired) electrons. The Morgan fingerprint density at radius 1 is 0.583 bits per heavy atom. The molecule has 10 heteroatoms. The van der Waals surface area contributed by atoms with E-state index >= 15 is 0 Å². The molecule has 0 aliphatic rings. The van der Waals surface area contributed by atoms with Gasteiger partial charge in [0.05, 0.1) is 21.2 Å². The molecule has 0 aliphatic carbocycles. The van der Waals surface area contributed by atoms with Gasteiger partial charge in [-0.05, 0) is 112 Å². The molecule has 0 unspecified atom stereocenters. The number of hydrogen-bond donors (Lipinski definition) is 2. The van der Waals surface area contributed by atoms with Crippen molar-refractivity contribution in [3.05, 3.63) is 176 Å². The largest absolute Gasteiger partial charge is 0.399 e. The molecule has 0 aliphatic heterocycles. The molecule has 0 fully saturated rings. The Morgan fingerprint density at radius 3 is 1.71 bits per heavy atom. The van der Waals surface area contributed by atoms with Gasteiger partial charge in [0.15, 0.2) is 0 Å². The lowest BCUT2D eigenvalue weighted by Gasteiger charge is -2.13. The fourth-order valence-corrected chi connectivity index (χ4v) is 5.25. The number of nitro benzene ring substituents is 2. The number of anilines is 2. The molecule has 6 aromatic rings. The fraction of sp³-hybridized carbons (Fsp3) is 0. The smallest absolute Gasteiger partial charge is 0.269 e. The molecular formula is C38H28N6O4. The number of non-ortho nitro benzene ring substituents is 2. The standard InChI is InChI=1S/C38H28N6O4/c39-29-13-5-25(6-14-29)23-36(27-7-15-30(40)16-8-27)35-3-1-2-4-38(35)42-41-31-17-22-34(26-9-18-32(19-10-26)43(45)46)37(24-31)28-11-20-33(21-12-28)44(47)48/h1-24H,39-40H2. The van der Waals surface area contributed by atoms with Crippen LogP contribution in [-0.2, 0) is 0 Å². The third kappa shape index (κ3) is 6.98. The van der Waals surface area contributed by atoms with Crippen molar-refractivity contribution in [2.24, 2.45) is 10.2 Å². The van der Waals surface area contributed by atoms with Gasteiger partial charge in [-0.1, -0.05) is 48.5 Å². The Balaban J connectivity index is 1.43. The van der Waals surface area contributed by atoms with E-state index in [-0.39, 0.29) is 11.4 Å². The first-order valence-corrected chi connectivity index (χ1v) is 14.8. The van der Waals surface area contributed by atoms with E-state index in [1.165, 1.54) is 24.3 Å². The van der Waals surface area contributed by atoms with E-state index in [0.29, 0.717) is 28.3 Å². The van der Waals surface area contributed by atoms with Crippen LogP contribution in [0.25, 0.3) is 33.9 Å². The molecule has 0 atom stereocenters. The monoisotopic (exact) mass is 632 g/mol. The van der Waals surface area contributed by atoms with E-state index in [4.69, 9.17) is 11.5 Å². The normalized spacial score (nSPS) is 11.5. The van der Waals surface area contributed by atoms with Gasteiger partial charge in [0.2, 0.25) is 0 Å². The summed E-state index contributed by atoms with van der Waals surface area (Å²) in [6.45, 7) is 0. The van der Waals surface area contributed by atoms with Crippen LogP contribution in [0.15, 0.2) is 150 Å². The van der Waals surface area contributed by atoms with Gasteiger partial charge in [-0.25, -0.2) is 0 Å². The molecule has 0 bridgehead atoms. The third-order valence-electron chi connectivity index (χ3n) is 7.72. The summed E-state index contributed by atoms with van der Waals surface area (Å²) in [5, 5.41) is 31.8. The van der Waals surface area contributed by atoms with Crippen molar-refractivity contribution in [1.82, 2.24) is 0 Å². The minimum atomic E-state index is -0.455. The lowest BCUT2D eigenvalue weighted by molar-refractivity contribution is -0.385. The van der Waals surface area contributed by atoms with Crippen LogP contribution in [-0.4, -0.2) is 9.85 Å². The molecule has 0 aromatic heterocycles. The average Bonchev–Trinajstić information content (AvgIpc) is 3.11. The van der Waals surface area contributed by atoms with Crippen molar-refractivity contribution in [3.8, 4) is 22.3 Å². The van der Waals surface area contributed by atoms with Crippen LogP contribution < -0.4 is 11.5 Å². The molecule has 4 N–H and O–H groups in total. The summed E-state index contributed by atoms with van der Waals surface area (Å²) in [5.41, 5.74) is 21.0. The van der Waals surface area contributed by atoms with Crippen molar-refractivity contribution >= 4 is 45.8 Å². The molecule has 0 saturated heterocycles. The molecule has 234 valence electrons. The maximum Gasteiger partial charge on any atom is 0.269 e. The molecule has 6 rings (SSSR count). The first kappa shape index (κ1) is 31.1. The molecule has 0 amide bonds. The Labute approximate surface area is 275 Å². The summed E-state index contributed by atoms with van der Waals surface area (Å²) in [5.74, 6) is 0. The number of nitrogens with two attached hydrogens (primary N) is 2. The number of nitrogen functional groups attached to an aromatic ring is 2. The molecule has 0 heterocycles. The number of nitro groups is 2. The summed E-state index contributed by atoms with van der Waals surface area (Å²) < 4.78 is 0. The predicted molar refractivity (Wildman–Crippen MR) is 190 cm³/mol. The second-order valence-electron chi connectivity index (χ2n) is 10.9. The second-order valence-corrected chi connectivity index (χ2v) is 10.9. The van der Waals surface area contributed by atoms with Gasteiger partial charge in [-0.2, -0.15) is 5.11 Å². The summed E-state index contributed by atoms with van der Waals surface area (Å²) in [4.78, 5) is 21.6. The zero-order valence-electron chi connectivity index (χ0n) is 25.4. The third-order valence-corrected chi connectivity index (χ3v) is 7.72. The van der Waals surface area contributed by atoms with Crippen LogP contribution in [0.3, 0.4) is 0 Å². The van der Waals surface area contributed by atoms with Crippen molar-refractivity contribution < 1.29 is 9.85 Å². The van der Waals surface area contributed by atoms with Gasteiger partial charge in [-0.15, -0.1) is 5.11 Å². The molecule has 6 aromatic carbocycles. The summed E-state index contributed by atoms with van der Waals surface area (Å²) in [6, 6.07) is 40.8. The zero-order valence-corrected chi connectivity index (χ0v) is 25.4. The number of hydrogen-bond acceptors (Lipinski definition) is 8. The number of nitrogens with zero attached hydrogens (tertiary/aromatic N) is 4. The van der Waals surface area contributed by atoms with Crippen molar-refractivity contribution in [2.45, 2.75) is 0 Å². The van der Waals surface area contributed by atoms with Crippen molar-refractivity contribution in [1.29, 1.82) is 0 Å². The van der Waals surface area contributed by atoms with E-state index < -0.39 is 9.85 Å². The highest BCUT2D eigenvalue weighted by Crippen LogP contribution is 2.38. The maximum absolute atomic E-state index is 11.3. The van der Waals surface area contributed by atoms with Gasteiger partial charge in [0.1, 0.15) is 0 Å². The minimum Gasteiger partial charge on any atom is -0.399 e. The van der Waals surface area contributed by atoms with E-state index in [0.717, 1.165) is 39.0 Å². The van der Waals surface area contributed by atoms with Crippen LogP contribution in [0.5, 0.6) is 0 Å². The quantitative estimate of drug-likeness (QED) is 0.0529. The number of rotatable bonds is 9. The summed E-state index contributed by atoms with van der Waals surface area (Å²) in [7, 11) is 0. The Morgan fingerprint density at radius 2 is 1.12 bits per heavy atom. The van der Waals surface area contributed by atoms with Crippen molar-refractivity contribution in [3.63, 3.8) is 0 Å². The van der Waals surface area contributed by atoms with E-state index in [9.17, 15) is 20.2 Å². The van der Waals surface area contributed by atoms with Crippen LogP contribution in [0.2, 0.25) is 0 Å². The Bertz CT molecular complexity index is 2180. The fourth-order valence-electron chi connectivity index (χ4n) is 5.25. The first-order chi connectivity index (χ1) is 23.2. The number of benzene rings is 6. The van der Waals surface area contributed by atoms with E-state index in [1.807, 2.05) is 91.0 Å². The van der Waals surface area contributed by atoms with Gasteiger partial charge in [0, 0.05) is 41.2 Å². The number of azo groups is 1. The topological polar surface area (TPSA) is 163 Å². The average molecular weight is 633 g/mol. The molecule has 0 spiro atoms. The van der Waals surface area contributed by atoms with Gasteiger partial charge in [-0.3, -0.25) is 20.2 Å². The van der Waals surface area contributed by atoms with Crippen LogP contribution in [0, 0.1) is 20.2 Å². The minimum absolute atomic E-state index is 0.0245. The van der Waals surface area contributed by atoms with Gasteiger partial charge < -0.3 is 11.5 Å². The summed E-state index contributed by atoms with van der Waals surface area (Å²) >= 11 is 0. The predicted octanol–water partition coefficient (Wildman–Crippen LogP) is 10.0. The van der Waals surface area contributed by atoms with Crippen LogP contribution in [0.4, 0.5) is 34.1 Å². The van der Waals surface area contributed by atoms with Crippen LogP contribution in [0.1, 0.15) is 16.7 Å². The zero-order chi connectivity index (χ0) is 33.6. The molecule has 0 saturated carbocycles. The van der Waals surface area contributed by atoms with E-state index in [1.54, 1.807) is 24.3 Å². The lowest BCUT2D eigenvalue weighted by atomic mass is 9.93. The van der Waals surface area contributed by atoms with E-state index in [2.05, 4.69) is 16.3 Å². The molecular weight excluding hydrogens is 604 g/mol.